The van der Waals surface area contributed by atoms with E-state index in [9.17, 15) is 24.2 Å². The van der Waals surface area contributed by atoms with Crippen LogP contribution in [0.15, 0.2) is 122 Å². The van der Waals surface area contributed by atoms with E-state index in [1.807, 2.05) is 6.08 Å². The third-order valence-electron chi connectivity index (χ3n) is 8.39. The number of hydrogen-bond acceptors (Lipinski definition) is 7. The number of unbranched alkanes of at least 4 members (excludes halogenated alkanes) is 6. The molecule has 0 bridgehead atoms. The van der Waals surface area contributed by atoms with Crippen molar-refractivity contribution < 1.29 is 37.9 Å². The molecular formula is C49H78NO8P. The molecule has 0 aliphatic heterocycles. The Morgan fingerprint density at radius 2 is 0.932 bits per heavy atom. The topological polar surface area (TPSA) is 131 Å². The monoisotopic (exact) mass is 840 g/mol. The molecule has 0 aliphatic rings. The summed E-state index contributed by atoms with van der Waals surface area (Å²) < 4.78 is 26.8. The number of carbonyl (C=O) groups excluding carboxylic acids is 2. The number of nitrogens with one attached hydrogen (secondary N) is 1. The standard InChI is InChI=1S/C49H78NO8P/c1-3-5-7-9-11-13-15-17-19-21-22-23-24-26-27-29-31-33-35-37-39-41-48(52)50-43-44-57-59(54,55)58-46-47(51)45-56-49(53)42-40-38-36-34-32-30-28-25-20-18-16-14-12-10-8-6-4-2/h5-8,11-14,17-20,22-23,26-28,30,34,36,47,51H,3-4,9-10,15-16,21,24-25,29,31-33,35,37-46H2,1-2H3,(H,50,52)(H,54,55)/b7-5-,8-6-,13-11-,14-12-,19-17-,20-18-,23-22-,27-26-,30-28-,36-34-. The van der Waals surface area contributed by atoms with Crippen LogP contribution in [0.1, 0.15) is 142 Å². The van der Waals surface area contributed by atoms with Gasteiger partial charge in [0.15, 0.2) is 0 Å². The number of aliphatic hydroxyl groups is 1. The van der Waals surface area contributed by atoms with Gasteiger partial charge in [0.25, 0.3) is 0 Å². The number of phosphoric acid groups is 1. The predicted molar refractivity (Wildman–Crippen MR) is 247 cm³/mol. The Kier molecular flexibility index (Phi) is 41.3. The second kappa shape index (κ2) is 44.0. The molecule has 10 heteroatoms. The van der Waals surface area contributed by atoms with Crippen LogP contribution in [0.2, 0.25) is 0 Å². The lowest BCUT2D eigenvalue weighted by atomic mass is 10.1. The Morgan fingerprint density at radius 1 is 0.525 bits per heavy atom. The van der Waals surface area contributed by atoms with Gasteiger partial charge in [-0.3, -0.25) is 18.6 Å². The summed E-state index contributed by atoms with van der Waals surface area (Å²) in [7, 11) is -4.45. The van der Waals surface area contributed by atoms with Gasteiger partial charge in [0.2, 0.25) is 5.91 Å². The minimum Gasteiger partial charge on any atom is -0.463 e. The van der Waals surface area contributed by atoms with E-state index in [0.29, 0.717) is 12.8 Å². The van der Waals surface area contributed by atoms with E-state index >= 15 is 0 Å². The Labute approximate surface area is 358 Å². The van der Waals surface area contributed by atoms with Gasteiger partial charge >= 0.3 is 13.8 Å². The van der Waals surface area contributed by atoms with Crippen LogP contribution in [-0.2, 0) is 27.9 Å². The highest BCUT2D eigenvalue weighted by Crippen LogP contribution is 2.42. The first-order valence-corrected chi connectivity index (χ1v) is 23.5. The lowest BCUT2D eigenvalue weighted by Crippen LogP contribution is -2.27. The van der Waals surface area contributed by atoms with E-state index < -0.39 is 26.5 Å². The molecule has 59 heavy (non-hydrogen) atoms. The van der Waals surface area contributed by atoms with Gasteiger partial charge in [0.1, 0.15) is 12.7 Å². The molecule has 0 spiro atoms. The van der Waals surface area contributed by atoms with E-state index in [1.54, 1.807) is 0 Å². The van der Waals surface area contributed by atoms with E-state index in [4.69, 9.17) is 13.8 Å². The molecule has 0 radical (unpaired) electrons. The molecule has 9 nitrogen and oxygen atoms in total. The summed E-state index contributed by atoms with van der Waals surface area (Å²) in [5.74, 6) is -0.607. The fourth-order valence-corrected chi connectivity index (χ4v) is 5.90. The average Bonchev–Trinajstić information content (AvgIpc) is 3.22. The molecule has 0 aromatic rings. The molecule has 0 heterocycles. The van der Waals surface area contributed by atoms with Crippen molar-refractivity contribution in [3.63, 3.8) is 0 Å². The second-order valence-corrected chi connectivity index (χ2v) is 15.4. The van der Waals surface area contributed by atoms with E-state index in [2.05, 4.69) is 135 Å². The Bertz CT molecular complexity index is 1370. The van der Waals surface area contributed by atoms with Crippen molar-refractivity contribution in [1.82, 2.24) is 5.32 Å². The third-order valence-corrected chi connectivity index (χ3v) is 9.37. The number of phosphoric ester groups is 1. The highest BCUT2D eigenvalue weighted by atomic mass is 31.2. The number of rotatable bonds is 39. The van der Waals surface area contributed by atoms with Crippen molar-refractivity contribution in [2.75, 3.05) is 26.4 Å². The fraction of sp³-hybridized carbons (Fsp3) is 0.551. The average molecular weight is 840 g/mol. The van der Waals surface area contributed by atoms with Crippen LogP contribution in [0.25, 0.3) is 0 Å². The van der Waals surface area contributed by atoms with Crippen molar-refractivity contribution in [1.29, 1.82) is 0 Å². The maximum Gasteiger partial charge on any atom is 0.472 e. The lowest BCUT2D eigenvalue weighted by Gasteiger charge is -2.15. The summed E-state index contributed by atoms with van der Waals surface area (Å²) in [6.45, 7) is 3.20. The number of esters is 1. The number of hydrogen-bond donors (Lipinski definition) is 3. The summed E-state index contributed by atoms with van der Waals surface area (Å²) in [6, 6.07) is 0. The van der Waals surface area contributed by atoms with Gasteiger partial charge in [-0.1, -0.05) is 155 Å². The largest absolute Gasteiger partial charge is 0.472 e. The Balaban J connectivity index is 3.74. The van der Waals surface area contributed by atoms with Crippen LogP contribution >= 0.6 is 7.82 Å². The minimum absolute atomic E-state index is 0.0553. The summed E-state index contributed by atoms with van der Waals surface area (Å²) in [5.41, 5.74) is 0. The van der Waals surface area contributed by atoms with E-state index in [1.165, 1.54) is 0 Å². The van der Waals surface area contributed by atoms with Crippen molar-refractivity contribution in [3.05, 3.63) is 122 Å². The maximum absolute atomic E-state index is 12.1. The van der Waals surface area contributed by atoms with Gasteiger partial charge in [-0.15, -0.1) is 0 Å². The molecule has 0 fully saturated rings. The molecule has 0 aromatic heterocycles. The van der Waals surface area contributed by atoms with Crippen LogP contribution in [0.3, 0.4) is 0 Å². The number of aliphatic hydroxyl groups excluding tert-OH is 1. The van der Waals surface area contributed by atoms with Crippen LogP contribution in [0.4, 0.5) is 0 Å². The summed E-state index contributed by atoms with van der Waals surface area (Å²) in [6.07, 6.45) is 59.9. The molecule has 0 aliphatic carbocycles. The van der Waals surface area contributed by atoms with Gasteiger partial charge in [0, 0.05) is 19.4 Å². The molecule has 0 aromatic carbocycles. The van der Waals surface area contributed by atoms with Crippen LogP contribution in [0.5, 0.6) is 0 Å². The van der Waals surface area contributed by atoms with Gasteiger partial charge in [-0.05, 0) is 96.3 Å². The molecule has 1 amide bonds. The summed E-state index contributed by atoms with van der Waals surface area (Å²) in [5, 5.41) is 12.7. The number of carbonyl (C=O) groups is 2. The molecule has 0 saturated heterocycles. The molecule has 2 atom stereocenters. The van der Waals surface area contributed by atoms with Crippen LogP contribution in [0, 0.1) is 0 Å². The zero-order valence-corrected chi connectivity index (χ0v) is 37.3. The van der Waals surface area contributed by atoms with Gasteiger partial charge < -0.3 is 20.1 Å². The van der Waals surface area contributed by atoms with E-state index in [0.717, 1.165) is 109 Å². The summed E-state index contributed by atoms with van der Waals surface area (Å²) in [4.78, 5) is 33.9. The first-order valence-electron chi connectivity index (χ1n) is 22.0. The molecule has 0 saturated carbocycles. The van der Waals surface area contributed by atoms with Crippen molar-refractivity contribution in [2.24, 2.45) is 0 Å². The smallest absolute Gasteiger partial charge is 0.463 e. The van der Waals surface area contributed by atoms with Crippen LogP contribution in [-0.4, -0.2) is 54.3 Å². The van der Waals surface area contributed by atoms with E-state index in [-0.39, 0.29) is 32.1 Å². The second-order valence-electron chi connectivity index (χ2n) is 13.9. The molecule has 2 unspecified atom stereocenters. The number of allylic oxidation sites excluding steroid dienone is 20. The van der Waals surface area contributed by atoms with Gasteiger partial charge in [-0.2, -0.15) is 0 Å². The minimum atomic E-state index is -4.45. The van der Waals surface area contributed by atoms with Crippen molar-refractivity contribution >= 4 is 19.7 Å². The third kappa shape index (κ3) is 45.3. The van der Waals surface area contributed by atoms with Crippen LogP contribution < -0.4 is 5.32 Å². The number of ether oxygens (including phenoxy) is 1. The molecule has 3 N–H and O–H groups in total. The normalized spacial score (nSPS) is 14.4. The van der Waals surface area contributed by atoms with Gasteiger partial charge in [0.05, 0.1) is 13.2 Å². The first kappa shape index (κ1) is 55.4. The first-order chi connectivity index (χ1) is 28.8. The SMILES string of the molecule is CC/C=C\C/C=C\C/C=C\C/C=C\C/C=C\CCCCCCCC(=O)NCCOP(=O)(O)OCC(O)COC(=O)CCC/C=C\C/C=C\C/C=C\C/C=C\C/C=C\CC. The lowest BCUT2D eigenvalue weighted by molar-refractivity contribution is -0.147. The molecular weight excluding hydrogens is 762 g/mol. The Hall–Kier alpha value is -3.59. The van der Waals surface area contributed by atoms with Crippen molar-refractivity contribution in [2.45, 2.75) is 148 Å². The fourth-order valence-electron chi connectivity index (χ4n) is 5.15. The summed E-state index contributed by atoms with van der Waals surface area (Å²) >= 11 is 0. The zero-order chi connectivity index (χ0) is 43.2. The zero-order valence-electron chi connectivity index (χ0n) is 36.4. The molecule has 332 valence electrons. The quantitative estimate of drug-likeness (QED) is 0.0241. The Morgan fingerprint density at radius 3 is 1.41 bits per heavy atom. The maximum atomic E-state index is 12.1. The number of amides is 1. The van der Waals surface area contributed by atoms with Crippen molar-refractivity contribution in [3.8, 4) is 0 Å². The predicted octanol–water partition coefficient (Wildman–Crippen LogP) is 12.5. The molecule has 0 rings (SSSR count). The van der Waals surface area contributed by atoms with Gasteiger partial charge in [-0.25, -0.2) is 4.57 Å². The highest BCUT2D eigenvalue weighted by Gasteiger charge is 2.23. The highest BCUT2D eigenvalue weighted by molar-refractivity contribution is 7.47.